The molecule has 7 heteroatoms. The molecule has 0 aliphatic carbocycles. The van der Waals surface area contributed by atoms with Crippen LogP contribution in [0.25, 0.3) is 11.5 Å². The van der Waals surface area contributed by atoms with Crippen LogP contribution in [0.3, 0.4) is 0 Å². The second-order valence-corrected chi connectivity index (χ2v) is 6.94. The number of carbonyl (C=O) groups excluding carboxylic acids is 1. The molecule has 1 fully saturated rings. The fraction of sp³-hybridized carbons (Fsp3) is 0.350. The molecule has 138 valence electrons. The fourth-order valence-corrected chi connectivity index (χ4v) is 3.55. The molecule has 0 saturated carbocycles. The minimum absolute atomic E-state index is 0.0408. The quantitative estimate of drug-likeness (QED) is 0.716. The fourth-order valence-electron chi connectivity index (χ4n) is 3.55. The number of nitrogens with zero attached hydrogens (tertiary/aromatic N) is 6. The van der Waals surface area contributed by atoms with Crippen molar-refractivity contribution in [2.45, 2.75) is 25.7 Å². The molecular formula is C20H22N6O. The normalized spacial score (nSPS) is 17.1. The average Bonchev–Trinajstić information content (AvgIpc) is 3.14. The Kier molecular flexibility index (Phi) is 4.66. The van der Waals surface area contributed by atoms with Gasteiger partial charge in [-0.05, 0) is 38.0 Å². The average molecular weight is 362 g/mol. The Balaban J connectivity index is 1.59. The maximum Gasteiger partial charge on any atom is 0.253 e. The van der Waals surface area contributed by atoms with Crippen LogP contribution < -0.4 is 0 Å². The van der Waals surface area contributed by atoms with Crippen molar-refractivity contribution in [3.63, 3.8) is 0 Å². The number of aryl methyl sites for hydroxylation is 2. The first-order valence-electron chi connectivity index (χ1n) is 9.14. The first kappa shape index (κ1) is 17.3. The van der Waals surface area contributed by atoms with Crippen molar-refractivity contribution in [1.29, 1.82) is 0 Å². The molecule has 1 atom stereocenters. The number of aromatic nitrogens is 5. The van der Waals surface area contributed by atoms with E-state index in [1.165, 1.54) is 0 Å². The second-order valence-electron chi connectivity index (χ2n) is 6.94. The van der Waals surface area contributed by atoms with Crippen LogP contribution in [-0.2, 0) is 7.05 Å². The maximum atomic E-state index is 12.8. The number of hydrogen-bond acceptors (Lipinski definition) is 5. The van der Waals surface area contributed by atoms with Crippen LogP contribution >= 0.6 is 0 Å². The zero-order chi connectivity index (χ0) is 18.8. The lowest BCUT2D eigenvalue weighted by atomic mass is 9.96. The van der Waals surface area contributed by atoms with E-state index in [2.05, 4.69) is 15.0 Å². The summed E-state index contributed by atoms with van der Waals surface area (Å²) in [5, 5.41) is 0. The van der Waals surface area contributed by atoms with Gasteiger partial charge in [-0.15, -0.1) is 0 Å². The molecule has 3 aromatic heterocycles. The highest BCUT2D eigenvalue weighted by molar-refractivity contribution is 5.94. The van der Waals surface area contributed by atoms with E-state index in [1.54, 1.807) is 30.7 Å². The standard InChI is InChI=1S/C20H22N6O/c1-14-12-17(19-22-9-11-25(19)2)24-18(23-14)16-4-3-10-26(13-16)20(27)15-5-7-21-8-6-15/h5-9,11-12,16H,3-4,10,13H2,1-2H3. The molecule has 1 aliphatic heterocycles. The summed E-state index contributed by atoms with van der Waals surface area (Å²) in [6.07, 6.45) is 8.89. The van der Waals surface area contributed by atoms with Crippen molar-refractivity contribution in [1.82, 2.24) is 29.4 Å². The maximum absolute atomic E-state index is 12.8. The summed E-state index contributed by atoms with van der Waals surface area (Å²) >= 11 is 0. The van der Waals surface area contributed by atoms with Crippen LogP contribution in [0.2, 0.25) is 0 Å². The molecule has 1 amide bonds. The van der Waals surface area contributed by atoms with Crippen LogP contribution in [0, 0.1) is 6.92 Å². The molecule has 27 heavy (non-hydrogen) atoms. The summed E-state index contributed by atoms with van der Waals surface area (Å²) in [7, 11) is 1.95. The molecule has 1 saturated heterocycles. The van der Waals surface area contributed by atoms with E-state index in [-0.39, 0.29) is 11.8 Å². The van der Waals surface area contributed by atoms with E-state index in [4.69, 9.17) is 4.98 Å². The van der Waals surface area contributed by atoms with Gasteiger partial charge in [0.25, 0.3) is 5.91 Å². The number of likely N-dealkylation sites (tertiary alicyclic amines) is 1. The van der Waals surface area contributed by atoms with Gasteiger partial charge >= 0.3 is 0 Å². The molecule has 1 aliphatic rings. The number of pyridine rings is 1. The van der Waals surface area contributed by atoms with E-state index < -0.39 is 0 Å². The Labute approximate surface area is 158 Å². The van der Waals surface area contributed by atoms with Crippen LogP contribution in [0.5, 0.6) is 0 Å². The number of imidazole rings is 1. The van der Waals surface area contributed by atoms with Gasteiger partial charge in [-0.3, -0.25) is 9.78 Å². The highest BCUT2D eigenvalue weighted by Crippen LogP contribution is 2.27. The Morgan fingerprint density at radius 2 is 2.00 bits per heavy atom. The zero-order valence-electron chi connectivity index (χ0n) is 15.5. The third kappa shape index (κ3) is 3.58. The molecule has 0 bridgehead atoms. The highest BCUT2D eigenvalue weighted by atomic mass is 16.2. The highest BCUT2D eigenvalue weighted by Gasteiger charge is 2.27. The van der Waals surface area contributed by atoms with Gasteiger partial charge < -0.3 is 9.47 Å². The van der Waals surface area contributed by atoms with Crippen LogP contribution in [0.1, 0.15) is 40.6 Å². The predicted molar refractivity (Wildman–Crippen MR) is 101 cm³/mol. The van der Waals surface area contributed by atoms with Gasteiger partial charge in [0.2, 0.25) is 0 Å². The molecule has 0 radical (unpaired) electrons. The predicted octanol–water partition coefficient (Wildman–Crippen LogP) is 2.60. The van der Waals surface area contributed by atoms with E-state index in [0.29, 0.717) is 12.1 Å². The number of amides is 1. The van der Waals surface area contributed by atoms with Crippen LogP contribution in [0.4, 0.5) is 0 Å². The molecule has 0 N–H and O–H groups in total. The van der Waals surface area contributed by atoms with Crippen molar-refractivity contribution in [3.8, 4) is 11.5 Å². The molecule has 4 heterocycles. The van der Waals surface area contributed by atoms with Gasteiger partial charge in [0.1, 0.15) is 11.5 Å². The Hall–Kier alpha value is -3.09. The van der Waals surface area contributed by atoms with E-state index in [1.807, 2.05) is 35.7 Å². The summed E-state index contributed by atoms with van der Waals surface area (Å²) in [6.45, 7) is 3.36. The molecule has 0 spiro atoms. The first-order chi connectivity index (χ1) is 13.1. The minimum atomic E-state index is 0.0408. The third-order valence-corrected chi connectivity index (χ3v) is 4.92. The lowest BCUT2D eigenvalue weighted by molar-refractivity contribution is 0.0704. The minimum Gasteiger partial charge on any atom is -0.338 e. The second kappa shape index (κ2) is 7.26. The lowest BCUT2D eigenvalue weighted by Gasteiger charge is -2.32. The largest absolute Gasteiger partial charge is 0.338 e. The van der Waals surface area contributed by atoms with Crippen LogP contribution in [0.15, 0.2) is 43.0 Å². The molecule has 4 rings (SSSR count). The lowest BCUT2D eigenvalue weighted by Crippen LogP contribution is -2.39. The van der Waals surface area contributed by atoms with Crippen LogP contribution in [-0.4, -0.2) is 48.4 Å². The number of piperidine rings is 1. The van der Waals surface area contributed by atoms with Gasteiger partial charge in [0.15, 0.2) is 5.82 Å². The smallest absolute Gasteiger partial charge is 0.253 e. The summed E-state index contributed by atoms with van der Waals surface area (Å²) in [5.74, 6) is 1.78. The van der Waals surface area contributed by atoms with Gasteiger partial charge in [-0.1, -0.05) is 0 Å². The monoisotopic (exact) mass is 362 g/mol. The van der Waals surface area contributed by atoms with Crippen molar-refractivity contribution < 1.29 is 4.79 Å². The Bertz CT molecular complexity index is 952. The summed E-state index contributed by atoms with van der Waals surface area (Å²) < 4.78 is 1.95. The van der Waals surface area contributed by atoms with Gasteiger partial charge in [0, 0.05) is 62.1 Å². The van der Waals surface area contributed by atoms with Gasteiger partial charge in [0.05, 0.1) is 0 Å². The summed E-state index contributed by atoms with van der Waals surface area (Å²) in [5.41, 5.74) is 2.41. The molecule has 0 aromatic carbocycles. The number of carbonyl (C=O) groups is 1. The van der Waals surface area contributed by atoms with Crippen molar-refractivity contribution in [3.05, 3.63) is 60.1 Å². The molecule has 3 aromatic rings. The third-order valence-electron chi connectivity index (χ3n) is 4.92. The van der Waals surface area contributed by atoms with E-state index in [0.717, 1.165) is 42.4 Å². The SMILES string of the molecule is Cc1cc(-c2nccn2C)nc(C2CCCN(C(=O)c3ccncc3)C2)n1. The summed E-state index contributed by atoms with van der Waals surface area (Å²) in [6, 6.07) is 5.47. The summed E-state index contributed by atoms with van der Waals surface area (Å²) in [4.78, 5) is 32.5. The zero-order valence-corrected chi connectivity index (χ0v) is 15.5. The van der Waals surface area contributed by atoms with Gasteiger partial charge in [-0.25, -0.2) is 15.0 Å². The molecule has 7 nitrogen and oxygen atoms in total. The molecule has 1 unspecified atom stereocenters. The Morgan fingerprint density at radius 1 is 1.19 bits per heavy atom. The number of rotatable bonds is 3. The van der Waals surface area contributed by atoms with Crippen molar-refractivity contribution in [2.75, 3.05) is 13.1 Å². The topological polar surface area (TPSA) is 76.8 Å². The Morgan fingerprint density at radius 3 is 2.74 bits per heavy atom. The first-order valence-corrected chi connectivity index (χ1v) is 9.14. The van der Waals surface area contributed by atoms with E-state index in [9.17, 15) is 4.79 Å². The van der Waals surface area contributed by atoms with E-state index >= 15 is 0 Å². The molecular weight excluding hydrogens is 340 g/mol. The van der Waals surface area contributed by atoms with Crippen molar-refractivity contribution in [2.24, 2.45) is 7.05 Å². The van der Waals surface area contributed by atoms with Crippen molar-refractivity contribution >= 4 is 5.91 Å². The number of hydrogen-bond donors (Lipinski definition) is 0. The van der Waals surface area contributed by atoms with Gasteiger partial charge in [-0.2, -0.15) is 0 Å².